The highest BCUT2D eigenvalue weighted by Gasteiger charge is 2.10. The van der Waals surface area contributed by atoms with Gasteiger partial charge in [-0.2, -0.15) is 0 Å². The van der Waals surface area contributed by atoms with E-state index in [0.717, 1.165) is 19.4 Å². The molecule has 0 saturated heterocycles. The minimum atomic E-state index is -1.11. The fourth-order valence-electron chi connectivity index (χ4n) is 1.12. The number of unbranched alkanes of at least 4 members (excludes halogenated alkanes) is 1. The van der Waals surface area contributed by atoms with Gasteiger partial charge in [0.1, 0.15) is 6.61 Å². The second kappa shape index (κ2) is 7.81. The van der Waals surface area contributed by atoms with Crippen molar-refractivity contribution in [3.63, 3.8) is 0 Å². The number of hydrogen-bond acceptors (Lipinski definition) is 5. The van der Waals surface area contributed by atoms with E-state index in [1.165, 1.54) is 6.07 Å². The molecule has 1 heterocycles. The van der Waals surface area contributed by atoms with Crippen molar-refractivity contribution in [1.29, 1.82) is 0 Å². The number of carboxylic acids is 1. The van der Waals surface area contributed by atoms with E-state index in [0.29, 0.717) is 19.0 Å². The van der Waals surface area contributed by atoms with Crippen molar-refractivity contribution < 1.29 is 23.9 Å². The minimum Gasteiger partial charge on any atom is -0.476 e. The SMILES string of the molecule is CCCCOCCOCc1cc(C(=O)O)no1. The highest BCUT2D eigenvalue weighted by Crippen LogP contribution is 2.04. The maximum atomic E-state index is 10.5. The van der Waals surface area contributed by atoms with Gasteiger partial charge < -0.3 is 19.1 Å². The van der Waals surface area contributed by atoms with E-state index in [2.05, 4.69) is 12.1 Å². The number of ether oxygens (including phenoxy) is 2. The van der Waals surface area contributed by atoms with Gasteiger partial charge in [0, 0.05) is 12.7 Å². The van der Waals surface area contributed by atoms with Gasteiger partial charge in [-0.3, -0.25) is 0 Å². The van der Waals surface area contributed by atoms with Gasteiger partial charge in [-0.1, -0.05) is 18.5 Å². The van der Waals surface area contributed by atoms with Crippen LogP contribution in [0.25, 0.3) is 0 Å². The van der Waals surface area contributed by atoms with E-state index in [-0.39, 0.29) is 12.3 Å². The molecule has 17 heavy (non-hydrogen) atoms. The molecule has 0 unspecified atom stereocenters. The zero-order valence-corrected chi connectivity index (χ0v) is 9.85. The van der Waals surface area contributed by atoms with Crippen molar-refractivity contribution in [2.24, 2.45) is 0 Å². The van der Waals surface area contributed by atoms with E-state index in [4.69, 9.17) is 19.1 Å². The van der Waals surface area contributed by atoms with Gasteiger partial charge in [0.05, 0.1) is 13.2 Å². The molecule has 1 aromatic rings. The molecule has 0 amide bonds. The average molecular weight is 243 g/mol. The Balaban J connectivity index is 2.07. The van der Waals surface area contributed by atoms with Gasteiger partial charge in [-0.25, -0.2) is 4.79 Å². The van der Waals surface area contributed by atoms with Gasteiger partial charge in [0.2, 0.25) is 0 Å². The largest absolute Gasteiger partial charge is 0.476 e. The van der Waals surface area contributed by atoms with Crippen LogP contribution < -0.4 is 0 Å². The molecule has 0 bridgehead atoms. The topological polar surface area (TPSA) is 81.8 Å². The molecule has 0 aliphatic rings. The van der Waals surface area contributed by atoms with Crippen LogP contribution in [0.5, 0.6) is 0 Å². The minimum absolute atomic E-state index is 0.109. The Morgan fingerprint density at radius 3 is 2.82 bits per heavy atom. The molecule has 0 saturated carbocycles. The van der Waals surface area contributed by atoms with Crippen LogP contribution in [-0.4, -0.2) is 36.1 Å². The highest BCUT2D eigenvalue weighted by atomic mass is 16.5. The summed E-state index contributed by atoms with van der Waals surface area (Å²) in [6.45, 7) is 4.03. The standard InChI is InChI=1S/C11H17NO5/c1-2-3-4-15-5-6-16-8-9-7-10(11(13)14)12-17-9/h7H,2-6,8H2,1H3,(H,13,14). The first-order valence-corrected chi connectivity index (χ1v) is 5.58. The molecule has 0 aliphatic carbocycles. The molecule has 1 rings (SSSR count). The number of nitrogens with zero attached hydrogens (tertiary/aromatic N) is 1. The highest BCUT2D eigenvalue weighted by molar-refractivity contribution is 5.85. The zero-order chi connectivity index (χ0) is 12.5. The summed E-state index contributed by atoms with van der Waals surface area (Å²) >= 11 is 0. The summed E-state index contributed by atoms with van der Waals surface area (Å²) in [6, 6.07) is 1.35. The molecular weight excluding hydrogens is 226 g/mol. The lowest BCUT2D eigenvalue weighted by Gasteiger charge is -2.03. The third-order valence-corrected chi connectivity index (χ3v) is 2.04. The number of rotatable bonds is 9. The van der Waals surface area contributed by atoms with Gasteiger partial charge in [0.15, 0.2) is 11.5 Å². The van der Waals surface area contributed by atoms with Crippen LogP contribution in [0.1, 0.15) is 36.0 Å². The summed E-state index contributed by atoms with van der Waals surface area (Å²) in [6.07, 6.45) is 2.15. The normalized spacial score (nSPS) is 10.6. The van der Waals surface area contributed by atoms with Crippen LogP contribution in [0.3, 0.4) is 0 Å². The van der Waals surface area contributed by atoms with Gasteiger partial charge in [-0.15, -0.1) is 0 Å². The Hall–Kier alpha value is -1.40. The van der Waals surface area contributed by atoms with Crippen LogP contribution in [0.2, 0.25) is 0 Å². The van der Waals surface area contributed by atoms with Crippen LogP contribution in [-0.2, 0) is 16.1 Å². The summed E-state index contributed by atoms with van der Waals surface area (Å²) in [5.41, 5.74) is -0.109. The second-order valence-electron chi connectivity index (χ2n) is 3.50. The molecule has 96 valence electrons. The van der Waals surface area contributed by atoms with Crippen molar-refractivity contribution in [3.8, 4) is 0 Å². The molecule has 0 atom stereocenters. The van der Waals surface area contributed by atoms with E-state index < -0.39 is 5.97 Å². The maximum Gasteiger partial charge on any atom is 0.358 e. The summed E-state index contributed by atoms with van der Waals surface area (Å²) in [4.78, 5) is 10.5. The Labute approximate surface area is 99.5 Å². The predicted octanol–water partition coefficient (Wildman–Crippen LogP) is 1.71. The van der Waals surface area contributed by atoms with Crippen molar-refractivity contribution >= 4 is 5.97 Å². The Morgan fingerprint density at radius 1 is 1.41 bits per heavy atom. The lowest BCUT2D eigenvalue weighted by atomic mass is 10.4. The summed E-state index contributed by atoms with van der Waals surface area (Å²) in [7, 11) is 0. The van der Waals surface area contributed by atoms with E-state index >= 15 is 0 Å². The fourth-order valence-corrected chi connectivity index (χ4v) is 1.12. The molecule has 6 nitrogen and oxygen atoms in total. The van der Waals surface area contributed by atoms with E-state index in [9.17, 15) is 4.79 Å². The van der Waals surface area contributed by atoms with Gasteiger partial charge >= 0.3 is 5.97 Å². The van der Waals surface area contributed by atoms with Crippen molar-refractivity contribution in [3.05, 3.63) is 17.5 Å². The number of carbonyl (C=O) groups is 1. The Morgan fingerprint density at radius 2 is 2.18 bits per heavy atom. The number of aromatic carboxylic acids is 1. The Bertz CT molecular complexity index is 336. The first-order valence-electron chi connectivity index (χ1n) is 5.58. The van der Waals surface area contributed by atoms with Crippen molar-refractivity contribution in [2.45, 2.75) is 26.4 Å². The second-order valence-corrected chi connectivity index (χ2v) is 3.50. The number of carboxylic acid groups (broad SMARTS) is 1. The van der Waals surface area contributed by atoms with Crippen LogP contribution in [0.15, 0.2) is 10.6 Å². The van der Waals surface area contributed by atoms with E-state index in [1.807, 2.05) is 0 Å². The lowest BCUT2D eigenvalue weighted by molar-refractivity contribution is 0.0322. The smallest absolute Gasteiger partial charge is 0.358 e. The first kappa shape index (κ1) is 13.7. The maximum absolute atomic E-state index is 10.5. The Kier molecular flexibility index (Phi) is 6.27. The fraction of sp³-hybridized carbons (Fsp3) is 0.636. The molecular formula is C11H17NO5. The zero-order valence-electron chi connectivity index (χ0n) is 9.85. The molecule has 6 heteroatoms. The quantitative estimate of drug-likeness (QED) is 0.665. The van der Waals surface area contributed by atoms with Gasteiger partial charge in [-0.05, 0) is 6.42 Å². The first-order chi connectivity index (χ1) is 8.24. The number of aromatic nitrogens is 1. The van der Waals surface area contributed by atoms with E-state index in [1.54, 1.807) is 0 Å². The molecule has 0 aliphatic heterocycles. The van der Waals surface area contributed by atoms with Crippen molar-refractivity contribution in [2.75, 3.05) is 19.8 Å². The molecule has 0 radical (unpaired) electrons. The predicted molar refractivity (Wildman–Crippen MR) is 58.8 cm³/mol. The molecule has 1 aromatic heterocycles. The third-order valence-electron chi connectivity index (χ3n) is 2.04. The third kappa shape index (κ3) is 5.46. The summed E-state index contributed by atoms with van der Waals surface area (Å²) < 4.78 is 15.3. The lowest BCUT2D eigenvalue weighted by Crippen LogP contribution is -2.05. The average Bonchev–Trinajstić information content (AvgIpc) is 2.77. The van der Waals surface area contributed by atoms with Crippen LogP contribution in [0.4, 0.5) is 0 Å². The summed E-state index contributed by atoms with van der Waals surface area (Å²) in [5, 5.41) is 12.0. The van der Waals surface area contributed by atoms with Crippen LogP contribution >= 0.6 is 0 Å². The monoisotopic (exact) mass is 243 g/mol. The van der Waals surface area contributed by atoms with Crippen LogP contribution in [0, 0.1) is 0 Å². The molecule has 0 spiro atoms. The van der Waals surface area contributed by atoms with Crippen molar-refractivity contribution in [1.82, 2.24) is 5.16 Å². The molecule has 0 fully saturated rings. The molecule has 0 aromatic carbocycles. The number of hydrogen-bond donors (Lipinski definition) is 1. The summed E-state index contributed by atoms with van der Waals surface area (Å²) in [5.74, 6) is -0.709. The van der Waals surface area contributed by atoms with Gasteiger partial charge in [0.25, 0.3) is 0 Å². The molecule has 1 N–H and O–H groups in total.